The topological polar surface area (TPSA) is 82.5 Å². The molecule has 194 valence electrons. The normalized spacial score (nSPS) is 10.9. The smallest absolute Gasteiger partial charge is 0.337 e. The lowest BCUT2D eigenvalue weighted by molar-refractivity contribution is -0.138. The van der Waals surface area contributed by atoms with Gasteiger partial charge in [0.15, 0.2) is 0 Å². The molecule has 0 aliphatic carbocycles. The third kappa shape index (κ3) is 6.82. The predicted octanol–water partition coefficient (Wildman–Crippen LogP) is 6.45. The number of benzene rings is 3. The van der Waals surface area contributed by atoms with E-state index in [-0.39, 0.29) is 18.5 Å². The second-order valence-electron chi connectivity index (χ2n) is 8.31. The molecule has 0 saturated heterocycles. The monoisotopic (exact) mass is 549 g/mol. The molecule has 1 N–H and O–H groups in total. The summed E-state index contributed by atoms with van der Waals surface area (Å²) in [5, 5.41) is 4.07. The number of nitrogens with one attached hydrogen (secondary N) is 1. The number of nitrogens with zero attached hydrogens (tertiary/aromatic N) is 2. The minimum Gasteiger partial charge on any atom is -0.468 e. The fourth-order valence-electron chi connectivity index (χ4n) is 3.71. The van der Waals surface area contributed by atoms with Gasteiger partial charge in [0.05, 0.1) is 30.5 Å². The molecule has 0 fully saturated rings. The summed E-state index contributed by atoms with van der Waals surface area (Å²) in [5.41, 5.74) is 4.71. The Bertz CT molecular complexity index is 1460. The molecule has 9 heteroatoms. The SMILES string of the molecule is COC(=O)CNc1ccc(/C=C/c2nc(-c3ccc(Cl)cc3Cl)cn2Cc2ccc(C(=O)OC)cc2)cc1. The van der Waals surface area contributed by atoms with E-state index in [1.54, 1.807) is 24.3 Å². The summed E-state index contributed by atoms with van der Waals surface area (Å²) in [7, 11) is 2.71. The van der Waals surface area contributed by atoms with Crippen molar-refractivity contribution in [3.63, 3.8) is 0 Å². The van der Waals surface area contributed by atoms with Crippen LogP contribution in [0.4, 0.5) is 5.69 Å². The summed E-state index contributed by atoms with van der Waals surface area (Å²) >= 11 is 12.5. The summed E-state index contributed by atoms with van der Waals surface area (Å²) < 4.78 is 11.4. The van der Waals surface area contributed by atoms with Gasteiger partial charge >= 0.3 is 11.9 Å². The number of ether oxygens (including phenoxy) is 2. The van der Waals surface area contributed by atoms with E-state index >= 15 is 0 Å². The van der Waals surface area contributed by atoms with Crippen molar-refractivity contribution in [3.8, 4) is 11.3 Å². The van der Waals surface area contributed by atoms with Crippen LogP contribution in [0.2, 0.25) is 10.0 Å². The molecule has 0 atom stereocenters. The molecule has 0 spiro atoms. The minimum absolute atomic E-state index is 0.0970. The van der Waals surface area contributed by atoms with Gasteiger partial charge in [-0.2, -0.15) is 0 Å². The van der Waals surface area contributed by atoms with Gasteiger partial charge in [-0.1, -0.05) is 53.5 Å². The van der Waals surface area contributed by atoms with E-state index in [0.29, 0.717) is 27.8 Å². The van der Waals surface area contributed by atoms with E-state index in [2.05, 4.69) is 10.1 Å². The summed E-state index contributed by atoms with van der Waals surface area (Å²) in [5.74, 6) is 0.00211. The zero-order valence-corrected chi connectivity index (χ0v) is 22.3. The minimum atomic E-state index is -0.381. The van der Waals surface area contributed by atoms with Gasteiger partial charge in [0.2, 0.25) is 0 Å². The Labute approximate surface area is 230 Å². The van der Waals surface area contributed by atoms with Crippen molar-refractivity contribution < 1.29 is 19.1 Å². The molecule has 38 heavy (non-hydrogen) atoms. The number of rotatable bonds is 9. The van der Waals surface area contributed by atoms with E-state index < -0.39 is 0 Å². The molecule has 0 amide bonds. The fraction of sp³-hybridized carbons (Fsp3) is 0.138. The molecule has 0 bridgehead atoms. The van der Waals surface area contributed by atoms with Crippen LogP contribution in [0, 0.1) is 0 Å². The Balaban J connectivity index is 1.60. The van der Waals surface area contributed by atoms with Crippen molar-refractivity contribution in [2.75, 3.05) is 26.1 Å². The predicted molar refractivity (Wildman–Crippen MR) is 150 cm³/mol. The summed E-state index contributed by atoms with van der Waals surface area (Å²) in [6.07, 6.45) is 5.81. The lowest BCUT2D eigenvalue weighted by Gasteiger charge is -2.07. The number of halogens is 2. The molecular formula is C29H25Cl2N3O4. The van der Waals surface area contributed by atoms with Gasteiger partial charge in [-0.15, -0.1) is 0 Å². The first-order chi connectivity index (χ1) is 18.4. The quantitative estimate of drug-likeness (QED) is 0.241. The largest absolute Gasteiger partial charge is 0.468 e. The van der Waals surface area contributed by atoms with Crippen LogP contribution in [0.5, 0.6) is 0 Å². The molecule has 0 aliphatic rings. The van der Waals surface area contributed by atoms with Gasteiger partial charge in [0.25, 0.3) is 0 Å². The maximum Gasteiger partial charge on any atom is 0.337 e. The van der Waals surface area contributed by atoms with Crippen LogP contribution in [0.15, 0.2) is 72.9 Å². The fourth-order valence-corrected chi connectivity index (χ4v) is 4.21. The maximum absolute atomic E-state index is 11.8. The summed E-state index contributed by atoms with van der Waals surface area (Å²) in [6, 6.07) is 20.2. The molecule has 0 aliphatic heterocycles. The molecule has 1 aromatic heterocycles. The van der Waals surface area contributed by atoms with E-state index in [4.69, 9.17) is 32.9 Å². The standard InChI is InChI=1S/C29H25Cl2N3O4/c1-37-28(35)16-32-23-11-5-19(6-12-23)7-14-27-33-26(24-13-10-22(30)15-25(24)31)18-34(27)17-20-3-8-21(9-4-20)29(36)38-2/h3-15,18,32H,16-17H2,1-2H3/b14-7+. The van der Waals surface area contributed by atoms with Gasteiger partial charge in [0, 0.05) is 29.0 Å². The second-order valence-corrected chi connectivity index (χ2v) is 9.15. The first-order valence-corrected chi connectivity index (χ1v) is 12.4. The van der Waals surface area contributed by atoms with Crippen molar-refractivity contribution in [2.45, 2.75) is 6.54 Å². The molecule has 4 rings (SSSR count). The average Bonchev–Trinajstić information content (AvgIpc) is 3.32. The summed E-state index contributed by atoms with van der Waals surface area (Å²) in [6.45, 7) is 0.621. The van der Waals surface area contributed by atoms with Crippen LogP contribution >= 0.6 is 23.2 Å². The highest BCUT2D eigenvalue weighted by molar-refractivity contribution is 6.36. The molecule has 0 radical (unpaired) electrons. The third-order valence-corrected chi connectivity index (χ3v) is 6.29. The zero-order chi connectivity index (χ0) is 27.1. The van der Waals surface area contributed by atoms with Crippen LogP contribution < -0.4 is 5.32 Å². The Hall–Kier alpha value is -4.07. The maximum atomic E-state index is 11.8. The lowest BCUT2D eigenvalue weighted by atomic mass is 10.1. The number of hydrogen-bond acceptors (Lipinski definition) is 6. The van der Waals surface area contributed by atoms with Gasteiger partial charge in [-0.25, -0.2) is 9.78 Å². The Morgan fingerprint density at radius 3 is 2.34 bits per heavy atom. The highest BCUT2D eigenvalue weighted by Crippen LogP contribution is 2.30. The Morgan fingerprint density at radius 1 is 0.947 bits per heavy atom. The molecular weight excluding hydrogens is 525 g/mol. The summed E-state index contributed by atoms with van der Waals surface area (Å²) in [4.78, 5) is 27.9. The first kappa shape index (κ1) is 27.0. The molecule has 4 aromatic rings. The van der Waals surface area contributed by atoms with Gasteiger partial charge in [0.1, 0.15) is 12.4 Å². The van der Waals surface area contributed by atoms with Crippen molar-refractivity contribution in [1.82, 2.24) is 9.55 Å². The van der Waals surface area contributed by atoms with E-state index in [1.807, 2.05) is 65.4 Å². The first-order valence-electron chi connectivity index (χ1n) is 11.6. The number of imidazole rings is 1. The van der Waals surface area contributed by atoms with Gasteiger partial charge in [-0.05, 0) is 59.7 Å². The number of esters is 2. The molecule has 0 saturated carbocycles. The number of aromatic nitrogens is 2. The van der Waals surface area contributed by atoms with Crippen molar-refractivity contribution in [3.05, 3.63) is 105 Å². The zero-order valence-electron chi connectivity index (χ0n) is 20.8. The van der Waals surface area contributed by atoms with Crippen LogP contribution in [0.25, 0.3) is 23.4 Å². The number of carbonyl (C=O) groups excluding carboxylic acids is 2. The van der Waals surface area contributed by atoms with Gasteiger partial charge in [-0.3, -0.25) is 4.79 Å². The van der Waals surface area contributed by atoms with Crippen LogP contribution in [0.1, 0.15) is 27.3 Å². The number of hydrogen-bond donors (Lipinski definition) is 1. The molecule has 0 unspecified atom stereocenters. The third-order valence-electron chi connectivity index (χ3n) is 5.74. The van der Waals surface area contributed by atoms with Crippen molar-refractivity contribution in [1.29, 1.82) is 0 Å². The number of carbonyl (C=O) groups is 2. The van der Waals surface area contributed by atoms with Gasteiger partial charge < -0.3 is 19.4 Å². The highest BCUT2D eigenvalue weighted by Gasteiger charge is 2.13. The van der Waals surface area contributed by atoms with E-state index in [0.717, 1.165) is 28.2 Å². The van der Waals surface area contributed by atoms with Crippen molar-refractivity contribution >= 4 is 53.0 Å². The van der Waals surface area contributed by atoms with Crippen LogP contribution in [0.3, 0.4) is 0 Å². The van der Waals surface area contributed by atoms with Crippen LogP contribution in [-0.4, -0.2) is 42.3 Å². The Kier molecular flexibility index (Phi) is 8.84. The highest BCUT2D eigenvalue weighted by atomic mass is 35.5. The lowest BCUT2D eigenvalue weighted by Crippen LogP contribution is -2.14. The van der Waals surface area contributed by atoms with Crippen LogP contribution in [-0.2, 0) is 20.8 Å². The molecule has 7 nitrogen and oxygen atoms in total. The van der Waals surface area contributed by atoms with E-state index in [9.17, 15) is 9.59 Å². The van der Waals surface area contributed by atoms with Crippen molar-refractivity contribution in [2.24, 2.45) is 0 Å². The molecule has 1 heterocycles. The number of anilines is 1. The van der Waals surface area contributed by atoms with E-state index in [1.165, 1.54) is 14.2 Å². The Morgan fingerprint density at radius 2 is 1.68 bits per heavy atom. The average molecular weight is 550 g/mol. The number of methoxy groups -OCH3 is 2. The molecule has 3 aromatic carbocycles. The second kappa shape index (κ2) is 12.4.